The molecule has 0 saturated carbocycles. The van der Waals surface area contributed by atoms with E-state index in [1.54, 1.807) is 0 Å². The van der Waals surface area contributed by atoms with E-state index in [4.69, 9.17) is 0 Å². The molecule has 0 saturated heterocycles. The third-order valence-electron chi connectivity index (χ3n) is 2.56. The molecule has 0 nitrogen and oxygen atoms in total. The van der Waals surface area contributed by atoms with E-state index < -0.39 is 0 Å². The van der Waals surface area contributed by atoms with Crippen molar-refractivity contribution in [2.45, 2.75) is 34.6 Å². The number of allylic oxidation sites excluding steroid dienone is 4. The quantitative estimate of drug-likeness (QED) is 0.412. The van der Waals surface area contributed by atoms with Crippen molar-refractivity contribution in [2.24, 2.45) is 5.41 Å². The predicted molar refractivity (Wildman–Crippen MR) is 51.0 cm³/mol. The molecule has 0 N–H and O–H groups in total. The Morgan fingerprint density at radius 2 is 1.50 bits per heavy atom. The van der Waals surface area contributed by atoms with Gasteiger partial charge in [-0.3, -0.25) is 6.08 Å². The van der Waals surface area contributed by atoms with Crippen LogP contribution in [0.1, 0.15) is 34.6 Å². The molecule has 1 aliphatic rings. The van der Waals surface area contributed by atoms with Crippen molar-refractivity contribution in [1.82, 2.24) is 0 Å². The van der Waals surface area contributed by atoms with Crippen molar-refractivity contribution >= 4 is 0 Å². The van der Waals surface area contributed by atoms with Gasteiger partial charge in [0.15, 0.2) is 0 Å². The third kappa shape index (κ3) is 2.34. The van der Waals surface area contributed by atoms with Gasteiger partial charge in [-0.1, -0.05) is 33.1 Å². The summed E-state index contributed by atoms with van der Waals surface area (Å²) in [5, 5.41) is 0. The monoisotopic (exact) mass is 198 g/mol. The second kappa shape index (κ2) is 4.44. The van der Waals surface area contributed by atoms with Crippen LogP contribution in [0.3, 0.4) is 0 Å². The molecule has 1 aliphatic carbocycles. The Labute approximate surface area is 92.0 Å². The largest absolute Gasteiger partial charge is 2.00 e. The zero-order chi connectivity index (χ0) is 7.94. The molecule has 0 fully saturated rings. The molecule has 0 amide bonds. The zero-order valence-electron chi connectivity index (χ0n) is 9.00. The maximum absolute atomic E-state index is 3.44. The summed E-state index contributed by atoms with van der Waals surface area (Å²) in [6, 6.07) is 0. The van der Waals surface area contributed by atoms with E-state index >= 15 is 0 Å². The Morgan fingerprint density at radius 1 is 1.08 bits per heavy atom. The standard InChI is InChI=1S/C10H15.CH3.Ti/c1-7-6-10(4,5)9(3)8(7)2;;/h1-5H3;1H3;/q2*-1;+2. The topological polar surface area (TPSA) is 0 Å². The molecule has 0 spiro atoms. The van der Waals surface area contributed by atoms with Crippen molar-refractivity contribution in [1.29, 1.82) is 0 Å². The summed E-state index contributed by atoms with van der Waals surface area (Å²) < 4.78 is 0. The minimum atomic E-state index is 0. The van der Waals surface area contributed by atoms with Crippen LogP contribution in [0.4, 0.5) is 0 Å². The molecule has 0 aromatic carbocycles. The summed E-state index contributed by atoms with van der Waals surface area (Å²) in [7, 11) is 0. The molecule has 0 radical (unpaired) electrons. The van der Waals surface area contributed by atoms with Crippen LogP contribution in [0.2, 0.25) is 0 Å². The van der Waals surface area contributed by atoms with Crippen LogP contribution < -0.4 is 0 Å². The second-order valence-electron chi connectivity index (χ2n) is 3.62. The Morgan fingerprint density at radius 3 is 1.58 bits per heavy atom. The number of hydrogen-bond donors (Lipinski definition) is 0. The fourth-order valence-corrected chi connectivity index (χ4v) is 1.41. The molecule has 1 rings (SSSR count). The minimum Gasteiger partial charge on any atom is -0.358 e. The molecular formula is C11H18Ti. The normalized spacial score (nSPS) is 19.6. The minimum absolute atomic E-state index is 0. The Hall–Kier alpha value is 0.194. The molecule has 0 unspecified atom stereocenters. The molecule has 0 aromatic heterocycles. The van der Waals surface area contributed by atoms with E-state index in [1.165, 1.54) is 16.7 Å². The fraction of sp³-hybridized carbons (Fsp3) is 0.545. The Balaban J connectivity index is 0. The van der Waals surface area contributed by atoms with Crippen LogP contribution in [0.25, 0.3) is 0 Å². The van der Waals surface area contributed by atoms with E-state index in [2.05, 4.69) is 40.7 Å². The fourth-order valence-electron chi connectivity index (χ4n) is 1.41. The van der Waals surface area contributed by atoms with Crippen molar-refractivity contribution in [3.05, 3.63) is 30.2 Å². The van der Waals surface area contributed by atoms with Crippen LogP contribution in [-0.2, 0) is 21.7 Å². The first-order chi connectivity index (χ1) is 4.45. The summed E-state index contributed by atoms with van der Waals surface area (Å²) in [5.41, 5.74) is 4.39. The summed E-state index contributed by atoms with van der Waals surface area (Å²) >= 11 is 0. The van der Waals surface area contributed by atoms with E-state index in [9.17, 15) is 0 Å². The molecule has 12 heavy (non-hydrogen) atoms. The van der Waals surface area contributed by atoms with Gasteiger partial charge in [-0.05, 0) is 0 Å². The molecule has 0 aromatic rings. The maximum Gasteiger partial charge on any atom is 2.00 e. The molecular weight excluding hydrogens is 180 g/mol. The maximum atomic E-state index is 3.44. The first-order valence-corrected chi connectivity index (χ1v) is 3.75. The van der Waals surface area contributed by atoms with Gasteiger partial charge >= 0.3 is 21.7 Å². The first kappa shape index (κ1) is 14.7. The molecule has 0 heterocycles. The van der Waals surface area contributed by atoms with Gasteiger partial charge in [-0.15, -0.1) is 6.92 Å². The van der Waals surface area contributed by atoms with Crippen LogP contribution in [0.5, 0.6) is 0 Å². The molecule has 1 heteroatoms. The summed E-state index contributed by atoms with van der Waals surface area (Å²) in [5.74, 6) is 0. The summed E-state index contributed by atoms with van der Waals surface area (Å²) in [4.78, 5) is 0. The van der Waals surface area contributed by atoms with Crippen LogP contribution in [0.15, 0.2) is 16.7 Å². The van der Waals surface area contributed by atoms with E-state index in [0.717, 1.165) is 0 Å². The Bertz CT molecular complexity index is 219. The van der Waals surface area contributed by atoms with Gasteiger partial charge in [0.1, 0.15) is 0 Å². The van der Waals surface area contributed by atoms with Gasteiger partial charge in [0.05, 0.1) is 0 Å². The smallest absolute Gasteiger partial charge is 0.358 e. The van der Waals surface area contributed by atoms with Crippen molar-refractivity contribution in [3.8, 4) is 0 Å². The second-order valence-corrected chi connectivity index (χ2v) is 3.62. The average Bonchev–Trinajstić information content (AvgIpc) is 1.95. The van der Waals surface area contributed by atoms with Crippen molar-refractivity contribution < 1.29 is 21.7 Å². The summed E-state index contributed by atoms with van der Waals surface area (Å²) in [6.45, 7) is 10.9. The molecule has 66 valence electrons. The molecule has 0 aliphatic heterocycles. The average molecular weight is 198 g/mol. The van der Waals surface area contributed by atoms with Gasteiger partial charge in [0.25, 0.3) is 0 Å². The van der Waals surface area contributed by atoms with Crippen LogP contribution in [0, 0.1) is 18.9 Å². The van der Waals surface area contributed by atoms with Gasteiger partial charge < -0.3 is 7.43 Å². The summed E-state index contributed by atoms with van der Waals surface area (Å²) in [6.07, 6.45) is 3.44. The van der Waals surface area contributed by atoms with Gasteiger partial charge in [-0.2, -0.15) is 11.1 Å². The zero-order valence-corrected chi connectivity index (χ0v) is 10.6. The predicted octanol–water partition coefficient (Wildman–Crippen LogP) is 3.56. The SMILES string of the molecule is CC1=[C-]C(C)(C)C(C)=C1C.[CH3-].[Ti+2]. The van der Waals surface area contributed by atoms with Crippen LogP contribution in [-0.4, -0.2) is 0 Å². The first-order valence-electron chi connectivity index (χ1n) is 3.75. The third-order valence-corrected chi connectivity index (χ3v) is 2.56. The molecule has 0 bridgehead atoms. The Kier molecular flexibility index (Phi) is 5.44. The van der Waals surface area contributed by atoms with Crippen molar-refractivity contribution in [3.63, 3.8) is 0 Å². The van der Waals surface area contributed by atoms with Crippen LogP contribution >= 0.6 is 0 Å². The van der Waals surface area contributed by atoms with Gasteiger partial charge in [0, 0.05) is 0 Å². The van der Waals surface area contributed by atoms with E-state index in [1.807, 2.05) is 0 Å². The van der Waals surface area contributed by atoms with E-state index in [0.29, 0.717) is 0 Å². The number of rotatable bonds is 0. The van der Waals surface area contributed by atoms with E-state index in [-0.39, 0.29) is 34.6 Å². The van der Waals surface area contributed by atoms with Gasteiger partial charge in [-0.25, -0.2) is 5.57 Å². The molecule has 0 atom stereocenters. The number of hydrogen-bond acceptors (Lipinski definition) is 0. The van der Waals surface area contributed by atoms with Crippen molar-refractivity contribution in [2.75, 3.05) is 0 Å². The van der Waals surface area contributed by atoms with Gasteiger partial charge in [0.2, 0.25) is 0 Å².